The predicted octanol–water partition coefficient (Wildman–Crippen LogP) is 1.58. The molecule has 1 unspecified atom stereocenters. The number of ether oxygens (including phenoxy) is 1. The van der Waals surface area contributed by atoms with E-state index in [1.807, 2.05) is 0 Å². The average molecular weight is 258 g/mol. The Hall–Kier alpha value is 0.230. The Morgan fingerprint density at radius 1 is 1.41 bits per heavy atom. The molecule has 1 aliphatic heterocycles. The predicted molar refractivity (Wildman–Crippen MR) is 74.8 cm³/mol. The zero-order valence-corrected chi connectivity index (χ0v) is 12.0. The molecule has 3 nitrogen and oxygen atoms in total. The van der Waals surface area contributed by atoms with Gasteiger partial charge in [-0.15, -0.1) is 0 Å². The summed E-state index contributed by atoms with van der Waals surface area (Å²) >= 11 is 2.05. The molecule has 0 aromatic rings. The van der Waals surface area contributed by atoms with E-state index < -0.39 is 0 Å². The Morgan fingerprint density at radius 2 is 2.18 bits per heavy atom. The average Bonchev–Trinajstić information content (AvgIpc) is 2.79. The molecule has 2 aliphatic rings. The third-order valence-corrected chi connectivity index (χ3v) is 5.53. The second kappa shape index (κ2) is 6.41. The van der Waals surface area contributed by atoms with Crippen molar-refractivity contribution in [2.75, 3.05) is 46.1 Å². The molecule has 1 saturated heterocycles. The molecule has 1 aliphatic carbocycles. The van der Waals surface area contributed by atoms with Gasteiger partial charge in [-0.3, -0.25) is 0 Å². The van der Waals surface area contributed by atoms with Gasteiger partial charge in [-0.1, -0.05) is 12.8 Å². The molecule has 0 amide bonds. The van der Waals surface area contributed by atoms with Crippen molar-refractivity contribution in [1.29, 1.82) is 0 Å². The SMILES string of the molecule is CSC1(CNCC2CN(C)CCO2)CCCC1. The van der Waals surface area contributed by atoms with Gasteiger partial charge >= 0.3 is 0 Å². The van der Waals surface area contributed by atoms with Crippen molar-refractivity contribution in [2.24, 2.45) is 0 Å². The highest BCUT2D eigenvalue weighted by molar-refractivity contribution is 8.00. The van der Waals surface area contributed by atoms with Crippen LogP contribution >= 0.6 is 11.8 Å². The summed E-state index contributed by atoms with van der Waals surface area (Å²) in [5.41, 5.74) is 0. The number of morpholine rings is 1. The molecular formula is C13H26N2OS. The summed E-state index contributed by atoms with van der Waals surface area (Å²) in [4.78, 5) is 2.36. The van der Waals surface area contributed by atoms with E-state index >= 15 is 0 Å². The van der Waals surface area contributed by atoms with Crippen molar-refractivity contribution in [1.82, 2.24) is 10.2 Å². The largest absolute Gasteiger partial charge is 0.374 e. The maximum Gasteiger partial charge on any atom is 0.0826 e. The van der Waals surface area contributed by atoms with Gasteiger partial charge in [0.1, 0.15) is 0 Å². The third-order valence-electron chi connectivity index (χ3n) is 4.11. The molecular weight excluding hydrogens is 232 g/mol. The monoisotopic (exact) mass is 258 g/mol. The number of hydrogen-bond donors (Lipinski definition) is 1. The van der Waals surface area contributed by atoms with Gasteiger partial charge in [0.15, 0.2) is 0 Å². The number of rotatable bonds is 5. The topological polar surface area (TPSA) is 24.5 Å². The first-order valence-electron chi connectivity index (χ1n) is 6.80. The highest BCUT2D eigenvalue weighted by Crippen LogP contribution is 2.39. The van der Waals surface area contributed by atoms with Gasteiger partial charge in [0.05, 0.1) is 12.7 Å². The van der Waals surface area contributed by atoms with Crippen LogP contribution in [0.5, 0.6) is 0 Å². The minimum absolute atomic E-state index is 0.383. The van der Waals surface area contributed by atoms with Crippen LogP contribution < -0.4 is 5.32 Å². The van der Waals surface area contributed by atoms with Crippen LogP contribution in [0.4, 0.5) is 0 Å². The maximum atomic E-state index is 5.77. The van der Waals surface area contributed by atoms with Crippen molar-refractivity contribution >= 4 is 11.8 Å². The third kappa shape index (κ3) is 3.85. The van der Waals surface area contributed by atoms with E-state index in [2.05, 4.69) is 35.3 Å². The maximum absolute atomic E-state index is 5.77. The quantitative estimate of drug-likeness (QED) is 0.809. The lowest BCUT2D eigenvalue weighted by Gasteiger charge is -2.32. The van der Waals surface area contributed by atoms with Gasteiger partial charge in [0.25, 0.3) is 0 Å². The molecule has 0 bridgehead atoms. The Balaban J connectivity index is 1.67. The Labute approximate surface area is 110 Å². The number of thioether (sulfide) groups is 1. The van der Waals surface area contributed by atoms with E-state index in [1.54, 1.807) is 0 Å². The van der Waals surface area contributed by atoms with Gasteiger partial charge in [-0.25, -0.2) is 0 Å². The van der Waals surface area contributed by atoms with Gasteiger partial charge in [0.2, 0.25) is 0 Å². The van der Waals surface area contributed by atoms with Crippen LogP contribution in [0.1, 0.15) is 25.7 Å². The summed E-state index contributed by atoms with van der Waals surface area (Å²) in [7, 11) is 2.18. The second-order valence-corrected chi connectivity index (χ2v) is 6.75. The fourth-order valence-corrected chi connectivity index (χ4v) is 3.87. The van der Waals surface area contributed by atoms with Crippen LogP contribution in [0.2, 0.25) is 0 Å². The van der Waals surface area contributed by atoms with Crippen molar-refractivity contribution in [3.63, 3.8) is 0 Å². The number of nitrogens with one attached hydrogen (secondary N) is 1. The highest BCUT2D eigenvalue weighted by atomic mass is 32.2. The molecule has 0 aromatic heterocycles. The fourth-order valence-electron chi connectivity index (χ4n) is 2.92. The summed E-state index contributed by atoms with van der Waals surface area (Å²) in [6.45, 7) is 5.19. The van der Waals surface area contributed by atoms with E-state index in [9.17, 15) is 0 Å². The first-order valence-corrected chi connectivity index (χ1v) is 8.03. The van der Waals surface area contributed by atoms with Crippen molar-refractivity contribution in [3.05, 3.63) is 0 Å². The molecule has 0 spiro atoms. The zero-order valence-electron chi connectivity index (χ0n) is 11.2. The first kappa shape index (κ1) is 13.7. The molecule has 2 fully saturated rings. The van der Waals surface area contributed by atoms with Crippen LogP contribution in [-0.2, 0) is 4.74 Å². The summed E-state index contributed by atoms with van der Waals surface area (Å²) in [6.07, 6.45) is 8.22. The van der Waals surface area contributed by atoms with E-state index in [0.29, 0.717) is 10.9 Å². The normalized spacial score (nSPS) is 29.6. The summed E-state index contributed by atoms with van der Waals surface area (Å²) < 4.78 is 6.28. The number of nitrogens with zero attached hydrogens (tertiary/aromatic N) is 1. The molecule has 17 heavy (non-hydrogen) atoms. The molecule has 100 valence electrons. The van der Waals surface area contributed by atoms with Gasteiger partial charge in [-0.2, -0.15) is 11.8 Å². The van der Waals surface area contributed by atoms with Gasteiger partial charge in [-0.05, 0) is 26.1 Å². The van der Waals surface area contributed by atoms with Crippen molar-refractivity contribution < 1.29 is 4.74 Å². The zero-order chi connectivity index (χ0) is 12.1. The Morgan fingerprint density at radius 3 is 2.82 bits per heavy atom. The molecule has 1 heterocycles. The van der Waals surface area contributed by atoms with E-state index in [4.69, 9.17) is 4.74 Å². The second-order valence-electron chi connectivity index (χ2n) is 5.48. The minimum atomic E-state index is 0.383. The summed E-state index contributed by atoms with van der Waals surface area (Å²) in [5.74, 6) is 0. The van der Waals surface area contributed by atoms with E-state index in [1.165, 1.54) is 25.7 Å². The lowest BCUT2D eigenvalue weighted by Crippen LogP contribution is -2.47. The molecule has 1 saturated carbocycles. The molecule has 1 atom stereocenters. The van der Waals surface area contributed by atoms with Crippen molar-refractivity contribution in [2.45, 2.75) is 36.5 Å². The minimum Gasteiger partial charge on any atom is -0.374 e. The van der Waals surface area contributed by atoms with Crippen LogP contribution in [-0.4, -0.2) is 61.8 Å². The number of likely N-dealkylation sites (N-methyl/N-ethyl adjacent to an activating group) is 1. The summed E-state index contributed by atoms with van der Waals surface area (Å²) in [6, 6.07) is 0. The van der Waals surface area contributed by atoms with Crippen LogP contribution in [0.15, 0.2) is 0 Å². The highest BCUT2D eigenvalue weighted by Gasteiger charge is 2.32. The van der Waals surface area contributed by atoms with Crippen molar-refractivity contribution in [3.8, 4) is 0 Å². The lowest BCUT2D eigenvalue weighted by atomic mass is 10.1. The van der Waals surface area contributed by atoms with Gasteiger partial charge in [0, 0.05) is 30.9 Å². The van der Waals surface area contributed by atoms with Crippen LogP contribution in [0, 0.1) is 0 Å². The molecule has 0 aromatic carbocycles. The Kier molecular flexibility index (Phi) is 5.15. The Bertz CT molecular complexity index is 231. The molecule has 2 rings (SSSR count). The molecule has 4 heteroatoms. The number of hydrogen-bond acceptors (Lipinski definition) is 4. The summed E-state index contributed by atoms with van der Waals surface area (Å²) in [5, 5.41) is 3.64. The van der Waals surface area contributed by atoms with Crippen LogP contribution in [0.25, 0.3) is 0 Å². The smallest absolute Gasteiger partial charge is 0.0826 e. The van der Waals surface area contributed by atoms with E-state index in [0.717, 1.165) is 32.8 Å². The lowest BCUT2D eigenvalue weighted by molar-refractivity contribution is -0.0182. The molecule has 0 radical (unpaired) electrons. The standard InChI is InChI=1S/C13H26N2OS/c1-15-7-8-16-12(10-15)9-14-11-13(17-2)5-3-4-6-13/h12,14H,3-11H2,1-2H3. The van der Waals surface area contributed by atoms with E-state index in [-0.39, 0.29) is 0 Å². The van der Waals surface area contributed by atoms with Crippen LogP contribution in [0.3, 0.4) is 0 Å². The first-order chi connectivity index (χ1) is 8.24. The molecule has 1 N–H and O–H groups in total. The fraction of sp³-hybridized carbons (Fsp3) is 1.00. The van der Waals surface area contributed by atoms with Gasteiger partial charge < -0.3 is 15.0 Å².